The highest BCUT2D eigenvalue weighted by Crippen LogP contribution is 2.32. The van der Waals surface area contributed by atoms with Gasteiger partial charge in [0.2, 0.25) is 6.79 Å². The summed E-state index contributed by atoms with van der Waals surface area (Å²) in [7, 11) is 0. The van der Waals surface area contributed by atoms with Gasteiger partial charge in [0.15, 0.2) is 16.3 Å². The van der Waals surface area contributed by atoms with Gasteiger partial charge in [-0.1, -0.05) is 17.7 Å². The Bertz CT molecular complexity index is 1640. The molecule has 37 heavy (non-hydrogen) atoms. The molecule has 0 atom stereocenters. The van der Waals surface area contributed by atoms with Crippen LogP contribution in [0.3, 0.4) is 0 Å². The van der Waals surface area contributed by atoms with E-state index >= 15 is 0 Å². The van der Waals surface area contributed by atoms with E-state index in [9.17, 15) is 9.59 Å². The number of hydrogen-bond donors (Lipinski definition) is 2. The number of ether oxygens (including phenoxy) is 2. The van der Waals surface area contributed by atoms with Gasteiger partial charge in [0.25, 0.3) is 11.5 Å². The van der Waals surface area contributed by atoms with Gasteiger partial charge in [0, 0.05) is 16.1 Å². The Kier molecular flexibility index (Phi) is 6.19. The summed E-state index contributed by atoms with van der Waals surface area (Å²) >= 11 is 11.5. The third-order valence-corrected chi connectivity index (χ3v) is 7.38. The van der Waals surface area contributed by atoms with Crippen LogP contribution in [0.2, 0.25) is 5.02 Å². The normalized spacial score (nSPS) is 15.3. The number of aromatic nitrogens is 2. The lowest BCUT2D eigenvalue weighted by atomic mass is 10.1. The number of carbonyl (C=O) groups is 1. The highest BCUT2D eigenvalue weighted by atomic mass is 35.5. The quantitative estimate of drug-likeness (QED) is 0.393. The lowest BCUT2D eigenvalue weighted by Crippen LogP contribution is -3.13. The summed E-state index contributed by atoms with van der Waals surface area (Å²) in [5.74, 6) is 1.52. The van der Waals surface area contributed by atoms with Crippen LogP contribution in [0.1, 0.15) is 15.9 Å². The van der Waals surface area contributed by atoms with E-state index in [4.69, 9.17) is 33.3 Å². The number of rotatable bonds is 4. The molecule has 3 aromatic carbocycles. The number of amides is 1. The lowest BCUT2D eigenvalue weighted by Gasteiger charge is -2.32. The van der Waals surface area contributed by atoms with Crippen LogP contribution in [0.5, 0.6) is 11.5 Å². The second-order valence-corrected chi connectivity index (χ2v) is 10.0. The first-order valence-electron chi connectivity index (χ1n) is 12.0. The Morgan fingerprint density at radius 3 is 2.68 bits per heavy atom. The first-order valence-corrected chi connectivity index (χ1v) is 12.8. The number of nitrogens with one attached hydrogen (secondary N) is 2. The maximum atomic E-state index is 13.3. The van der Waals surface area contributed by atoms with Gasteiger partial charge in [-0.2, -0.15) is 0 Å². The molecule has 0 spiro atoms. The van der Waals surface area contributed by atoms with Gasteiger partial charge in [-0.05, 0) is 66.8 Å². The summed E-state index contributed by atoms with van der Waals surface area (Å²) in [6, 6.07) is 18.1. The molecule has 2 aliphatic rings. The van der Waals surface area contributed by atoms with Crippen LogP contribution in [-0.2, 0) is 6.54 Å². The molecule has 0 unspecified atom stereocenters. The summed E-state index contributed by atoms with van der Waals surface area (Å²) in [6.07, 6.45) is 0. The van der Waals surface area contributed by atoms with Crippen LogP contribution >= 0.6 is 23.8 Å². The van der Waals surface area contributed by atoms with Gasteiger partial charge >= 0.3 is 0 Å². The molecule has 0 aliphatic carbocycles. The number of quaternary nitrogens is 1. The number of hydrogen-bond acceptors (Lipinski definition) is 5. The van der Waals surface area contributed by atoms with E-state index in [1.54, 1.807) is 42.5 Å². The Balaban J connectivity index is 1.17. The third-order valence-electron chi connectivity index (χ3n) is 6.86. The number of aromatic amines is 1. The Hall–Kier alpha value is -3.66. The molecule has 2 aliphatic heterocycles. The standard InChI is InChI=1S/C27H23ClN4O4S/c28-19-5-6-21-22(14-19)29-27(37)32(26(21)34)20-3-1-2-18(13-20)25(33)31-10-8-30(9-11-31)15-17-4-7-23-24(12-17)36-16-35-23/h1-7,12-14H,8-11,15-16H2,(H,29,37)/p+1. The Morgan fingerprint density at radius 2 is 1.84 bits per heavy atom. The summed E-state index contributed by atoms with van der Waals surface area (Å²) in [5.41, 5.74) is 2.56. The van der Waals surface area contributed by atoms with Crippen molar-refractivity contribution in [3.63, 3.8) is 0 Å². The monoisotopic (exact) mass is 535 g/mol. The third kappa shape index (κ3) is 4.61. The van der Waals surface area contributed by atoms with Crippen molar-refractivity contribution in [2.24, 2.45) is 0 Å². The van der Waals surface area contributed by atoms with Crippen molar-refractivity contribution in [2.75, 3.05) is 33.0 Å². The highest BCUT2D eigenvalue weighted by molar-refractivity contribution is 7.71. The van der Waals surface area contributed by atoms with Crippen molar-refractivity contribution >= 4 is 40.6 Å². The van der Waals surface area contributed by atoms with Crippen molar-refractivity contribution in [1.82, 2.24) is 14.5 Å². The second-order valence-electron chi connectivity index (χ2n) is 9.22. The molecule has 8 nitrogen and oxygen atoms in total. The zero-order valence-electron chi connectivity index (χ0n) is 19.8. The minimum Gasteiger partial charge on any atom is -0.454 e. The van der Waals surface area contributed by atoms with Crippen molar-refractivity contribution in [1.29, 1.82) is 0 Å². The van der Waals surface area contributed by atoms with Crippen molar-refractivity contribution in [3.05, 3.63) is 91.9 Å². The van der Waals surface area contributed by atoms with Crippen LogP contribution in [0.25, 0.3) is 16.6 Å². The van der Waals surface area contributed by atoms with Crippen molar-refractivity contribution in [2.45, 2.75) is 6.54 Å². The molecular formula is C27H24ClN4O4S+. The number of piperazine rings is 1. The first-order chi connectivity index (χ1) is 18.0. The molecule has 3 heterocycles. The summed E-state index contributed by atoms with van der Waals surface area (Å²) in [6.45, 7) is 4.13. The molecular weight excluding hydrogens is 512 g/mol. The van der Waals surface area contributed by atoms with Gasteiger partial charge in [0.05, 0.1) is 42.8 Å². The predicted octanol–water partition coefficient (Wildman–Crippen LogP) is 2.97. The maximum absolute atomic E-state index is 13.3. The number of nitrogens with zero attached hydrogens (tertiary/aromatic N) is 2. The molecule has 2 N–H and O–H groups in total. The number of carbonyl (C=O) groups excluding carboxylic acids is 1. The van der Waals surface area contributed by atoms with Crippen LogP contribution in [0, 0.1) is 4.77 Å². The van der Waals surface area contributed by atoms with Gasteiger partial charge in [-0.15, -0.1) is 0 Å². The Labute approximate surface area is 222 Å². The smallest absolute Gasteiger partial charge is 0.266 e. The average molecular weight is 536 g/mol. The van der Waals surface area contributed by atoms with Crippen molar-refractivity contribution in [3.8, 4) is 17.2 Å². The summed E-state index contributed by atoms with van der Waals surface area (Å²) in [4.78, 5) is 32.9. The van der Waals surface area contributed by atoms with Crippen LogP contribution in [-0.4, -0.2) is 53.3 Å². The lowest BCUT2D eigenvalue weighted by molar-refractivity contribution is -0.917. The molecule has 0 saturated carbocycles. The number of H-pyrrole nitrogens is 1. The van der Waals surface area contributed by atoms with E-state index in [1.807, 2.05) is 17.0 Å². The van der Waals surface area contributed by atoms with Crippen LogP contribution in [0.4, 0.5) is 0 Å². The fourth-order valence-corrected chi connectivity index (χ4v) is 5.40. The molecule has 6 rings (SSSR count). The van der Waals surface area contributed by atoms with E-state index in [1.165, 1.54) is 15.0 Å². The van der Waals surface area contributed by atoms with Crippen LogP contribution in [0.15, 0.2) is 65.5 Å². The molecule has 1 amide bonds. The fourth-order valence-electron chi connectivity index (χ4n) is 4.93. The first kappa shape index (κ1) is 23.7. The van der Waals surface area contributed by atoms with E-state index in [0.29, 0.717) is 40.3 Å². The molecule has 1 saturated heterocycles. The van der Waals surface area contributed by atoms with Gasteiger partial charge in [-0.3, -0.25) is 14.2 Å². The molecule has 1 aromatic heterocycles. The number of fused-ring (bicyclic) bond motifs is 2. The molecule has 4 aromatic rings. The fraction of sp³-hybridized carbons (Fsp3) is 0.222. The van der Waals surface area contributed by atoms with Gasteiger partial charge in [0.1, 0.15) is 6.54 Å². The number of benzene rings is 3. The maximum Gasteiger partial charge on any atom is 0.266 e. The molecule has 10 heteroatoms. The highest BCUT2D eigenvalue weighted by Gasteiger charge is 2.25. The zero-order valence-corrected chi connectivity index (χ0v) is 21.4. The molecule has 0 bridgehead atoms. The minimum absolute atomic E-state index is 0.0560. The largest absolute Gasteiger partial charge is 0.454 e. The van der Waals surface area contributed by atoms with Crippen LogP contribution < -0.4 is 19.9 Å². The second kappa shape index (κ2) is 9.66. The van der Waals surface area contributed by atoms with Gasteiger partial charge < -0.3 is 24.3 Å². The molecule has 0 radical (unpaired) electrons. The average Bonchev–Trinajstić information content (AvgIpc) is 3.37. The van der Waals surface area contributed by atoms with E-state index in [2.05, 4.69) is 11.1 Å². The van der Waals surface area contributed by atoms with E-state index in [-0.39, 0.29) is 23.0 Å². The topological polar surface area (TPSA) is 81.0 Å². The predicted molar refractivity (Wildman–Crippen MR) is 143 cm³/mol. The Morgan fingerprint density at radius 1 is 1.03 bits per heavy atom. The van der Waals surface area contributed by atoms with E-state index in [0.717, 1.165) is 31.1 Å². The SMILES string of the molecule is O=C(c1cccc(-n2c(=S)[nH]c3cc(Cl)ccc3c2=O)c1)N1CC[NH+](Cc2ccc3c(c2)OCO3)CC1. The molecule has 1 fully saturated rings. The summed E-state index contributed by atoms with van der Waals surface area (Å²) in [5, 5.41) is 0.983. The van der Waals surface area contributed by atoms with Crippen molar-refractivity contribution < 1.29 is 19.2 Å². The zero-order chi connectivity index (χ0) is 25.5. The minimum atomic E-state index is -0.263. The van der Waals surface area contributed by atoms with E-state index < -0.39 is 0 Å². The van der Waals surface area contributed by atoms with Gasteiger partial charge in [-0.25, -0.2) is 0 Å². The number of halogens is 1. The molecule has 188 valence electrons. The summed E-state index contributed by atoms with van der Waals surface area (Å²) < 4.78 is 12.5.